The smallest absolute Gasteiger partial charge is 0.414 e. The average molecular weight is 598 g/mol. The predicted octanol–water partition coefficient (Wildman–Crippen LogP) is 2.27. The monoisotopic (exact) mass is 597 g/mol. The highest BCUT2D eigenvalue weighted by molar-refractivity contribution is 6.27. The van der Waals surface area contributed by atoms with Crippen molar-refractivity contribution in [1.29, 1.82) is 0 Å². The number of fused-ring (bicyclic) bond motifs is 1. The number of piperidine rings is 1. The van der Waals surface area contributed by atoms with Gasteiger partial charge in [-0.2, -0.15) is 5.10 Å². The van der Waals surface area contributed by atoms with Crippen molar-refractivity contribution in [3.05, 3.63) is 30.0 Å². The van der Waals surface area contributed by atoms with Crippen LogP contribution in [0.1, 0.15) is 75.3 Å². The first kappa shape index (κ1) is 30.9. The molecule has 5 N–H and O–H groups in total. The zero-order valence-corrected chi connectivity index (χ0v) is 24.9. The van der Waals surface area contributed by atoms with Gasteiger partial charge in [0.25, 0.3) is 5.91 Å². The van der Waals surface area contributed by atoms with Crippen LogP contribution in [0.2, 0.25) is 0 Å². The van der Waals surface area contributed by atoms with Crippen molar-refractivity contribution in [2.24, 2.45) is 23.2 Å². The van der Waals surface area contributed by atoms with Gasteiger partial charge in [-0.3, -0.25) is 14.3 Å². The van der Waals surface area contributed by atoms with Gasteiger partial charge in [-0.05, 0) is 82.6 Å². The molecule has 1 aromatic carbocycles. The number of carbonyl (C=O) groups is 4. The topological polar surface area (TPSA) is 174 Å². The van der Waals surface area contributed by atoms with E-state index in [9.17, 15) is 14.7 Å². The number of carboxylic acids is 2. The number of amides is 2. The normalized spacial score (nSPS) is 28.4. The van der Waals surface area contributed by atoms with Crippen LogP contribution < -0.4 is 10.6 Å². The second-order valence-corrected chi connectivity index (χ2v) is 13.1. The van der Waals surface area contributed by atoms with E-state index < -0.39 is 11.9 Å². The summed E-state index contributed by atoms with van der Waals surface area (Å²) in [6.45, 7) is 7.36. The van der Waals surface area contributed by atoms with Crippen molar-refractivity contribution >= 4 is 34.7 Å². The lowest BCUT2D eigenvalue weighted by atomic mass is 9.48. The van der Waals surface area contributed by atoms with Crippen LogP contribution in [-0.2, 0) is 14.4 Å². The number of nitrogens with one attached hydrogen (secondary N) is 2. The second-order valence-electron chi connectivity index (χ2n) is 13.1. The van der Waals surface area contributed by atoms with Crippen LogP contribution in [0.25, 0.3) is 10.9 Å². The third-order valence-corrected chi connectivity index (χ3v) is 9.84. The van der Waals surface area contributed by atoms with Crippen LogP contribution in [0.4, 0.5) is 0 Å². The van der Waals surface area contributed by atoms with Crippen LogP contribution in [0, 0.1) is 23.2 Å². The van der Waals surface area contributed by atoms with E-state index >= 15 is 0 Å². The van der Waals surface area contributed by atoms with E-state index in [1.165, 1.54) is 0 Å². The molecule has 4 saturated carbocycles. The fourth-order valence-corrected chi connectivity index (χ4v) is 7.98. The van der Waals surface area contributed by atoms with Gasteiger partial charge < -0.3 is 30.9 Å². The molecular formula is C31H43N5O7. The number of hydrogen-bond donors (Lipinski definition) is 5. The maximum atomic E-state index is 13.4. The number of aliphatic hydroxyl groups excluding tert-OH is 1. The Morgan fingerprint density at radius 3 is 2.23 bits per heavy atom. The summed E-state index contributed by atoms with van der Waals surface area (Å²) in [6, 6.07) is 8.30. The van der Waals surface area contributed by atoms with Crippen LogP contribution >= 0.6 is 0 Å². The van der Waals surface area contributed by atoms with E-state index in [0.717, 1.165) is 75.5 Å². The predicted molar refractivity (Wildman–Crippen MR) is 157 cm³/mol. The van der Waals surface area contributed by atoms with Crippen LogP contribution in [-0.4, -0.2) is 92.1 Å². The summed E-state index contributed by atoms with van der Waals surface area (Å²) >= 11 is 0. The van der Waals surface area contributed by atoms with Gasteiger partial charge in [-0.25, -0.2) is 9.59 Å². The van der Waals surface area contributed by atoms with Crippen LogP contribution in [0.5, 0.6) is 0 Å². The number of nitrogens with zero attached hydrogens (tertiary/aromatic N) is 3. The molecular weight excluding hydrogens is 554 g/mol. The number of aromatic nitrogens is 2. The Labute approximate surface area is 250 Å². The molecule has 0 radical (unpaired) electrons. The molecule has 4 aliphatic carbocycles. The summed E-state index contributed by atoms with van der Waals surface area (Å²) in [5, 5.41) is 37.3. The molecule has 1 aromatic heterocycles. The van der Waals surface area contributed by atoms with E-state index in [0.29, 0.717) is 30.0 Å². The van der Waals surface area contributed by atoms with Gasteiger partial charge in [-0.1, -0.05) is 18.2 Å². The van der Waals surface area contributed by atoms with E-state index in [1.807, 2.05) is 28.9 Å². The number of hydrogen-bond acceptors (Lipinski definition) is 7. The Balaban J connectivity index is 0.000000559. The zero-order valence-electron chi connectivity index (χ0n) is 24.9. The lowest BCUT2D eigenvalue weighted by molar-refractivity contribution is -0.164. The van der Waals surface area contributed by atoms with Crippen molar-refractivity contribution in [2.45, 2.75) is 77.0 Å². The number of aliphatic hydroxyl groups is 1. The molecule has 1 saturated heterocycles. The standard InChI is InChI=1S/C29H41N5O3.C2H2O4/c1-18(2)34-24-6-4-3-5-23(24)25(32-34)27(36)30-9-12-33-10-7-22(8-11-33)31-28(37)29-15-19-13-20(16-29)26(35)21(14-19)17-29;3-1(4)2(5)6/h3-6,18-22,26,35H,7-17H2,1-2H3,(H,30,36)(H,31,37);(H,3,4)(H,5,6). The summed E-state index contributed by atoms with van der Waals surface area (Å²) in [5.74, 6) is -2.25. The quantitative estimate of drug-likeness (QED) is 0.300. The molecule has 43 heavy (non-hydrogen) atoms. The first-order valence-corrected chi connectivity index (χ1v) is 15.4. The maximum absolute atomic E-state index is 13.4. The molecule has 12 nitrogen and oxygen atoms in total. The summed E-state index contributed by atoms with van der Waals surface area (Å²) in [7, 11) is 0. The van der Waals surface area contributed by atoms with E-state index in [-0.39, 0.29) is 35.4 Å². The van der Waals surface area contributed by atoms with Crippen molar-refractivity contribution in [1.82, 2.24) is 25.3 Å². The fourth-order valence-electron chi connectivity index (χ4n) is 7.98. The van der Waals surface area contributed by atoms with Gasteiger partial charge in [0.1, 0.15) is 0 Å². The van der Waals surface area contributed by atoms with Gasteiger partial charge in [-0.15, -0.1) is 0 Å². The van der Waals surface area contributed by atoms with Crippen molar-refractivity contribution in [2.75, 3.05) is 26.2 Å². The minimum atomic E-state index is -1.82. The largest absolute Gasteiger partial charge is 0.473 e. The SMILES string of the molecule is CC(C)n1nc(C(=O)NCCN2CCC(NC(=O)C34CC5CC(C3)C(O)C(C5)C4)CC2)c2ccccc21.O=C(O)C(=O)O. The van der Waals surface area contributed by atoms with E-state index in [1.54, 1.807) is 0 Å². The molecule has 12 heteroatoms. The number of likely N-dealkylation sites (tertiary alicyclic amines) is 1. The average Bonchev–Trinajstić information content (AvgIpc) is 3.37. The highest BCUT2D eigenvalue weighted by atomic mass is 16.4. The van der Waals surface area contributed by atoms with Crippen molar-refractivity contribution < 1.29 is 34.5 Å². The molecule has 2 aromatic rings. The Morgan fingerprint density at radius 1 is 1.00 bits per heavy atom. The minimum absolute atomic E-state index is 0.126. The Morgan fingerprint density at radius 2 is 1.63 bits per heavy atom. The van der Waals surface area contributed by atoms with Crippen LogP contribution in [0.3, 0.4) is 0 Å². The zero-order chi connectivity index (χ0) is 30.9. The molecule has 234 valence electrons. The molecule has 7 rings (SSSR count). The first-order valence-electron chi connectivity index (χ1n) is 15.4. The third-order valence-electron chi connectivity index (χ3n) is 9.84. The summed E-state index contributed by atoms with van der Waals surface area (Å²) < 4.78 is 1.91. The molecule has 2 atom stereocenters. The Hall–Kier alpha value is -3.51. The summed E-state index contributed by atoms with van der Waals surface area (Å²) in [6.07, 6.45) is 6.67. The van der Waals surface area contributed by atoms with Crippen molar-refractivity contribution in [3.63, 3.8) is 0 Å². The molecule has 2 amide bonds. The molecule has 2 unspecified atom stereocenters. The first-order chi connectivity index (χ1) is 20.5. The van der Waals surface area contributed by atoms with Crippen molar-refractivity contribution in [3.8, 4) is 0 Å². The molecule has 5 fully saturated rings. The number of rotatable bonds is 7. The second kappa shape index (κ2) is 12.6. The number of benzene rings is 1. The number of carboxylic acid groups (broad SMARTS) is 2. The minimum Gasteiger partial charge on any atom is -0.473 e. The highest BCUT2D eigenvalue weighted by Crippen LogP contribution is 2.60. The van der Waals surface area contributed by atoms with Gasteiger partial charge in [0.05, 0.1) is 17.0 Å². The van der Waals surface area contributed by atoms with Gasteiger partial charge in [0.2, 0.25) is 5.91 Å². The van der Waals surface area contributed by atoms with E-state index in [2.05, 4.69) is 34.5 Å². The van der Waals surface area contributed by atoms with Gasteiger partial charge >= 0.3 is 11.9 Å². The van der Waals surface area contributed by atoms with Gasteiger partial charge in [0, 0.05) is 43.6 Å². The maximum Gasteiger partial charge on any atom is 0.414 e. The summed E-state index contributed by atoms with van der Waals surface area (Å²) in [4.78, 5) is 46.9. The Kier molecular flexibility index (Phi) is 9.07. The van der Waals surface area contributed by atoms with E-state index in [4.69, 9.17) is 19.8 Å². The molecule has 0 spiro atoms. The molecule has 1 aliphatic heterocycles. The lowest BCUT2D eigenvalue weighted by Crippen LogP contribution is -2.60. The highest BCUT2D eigenvalue weighted by Gasteiger charge is 2.58. The number of para-hydroxylation sites is 1. The lowest BCUT2D eigenvalue weighted by Gasteiger charge is -2.58. The number of carbonyl (C=O) groups excluding carboxylic acids is 2. The summed E-state index contributed by atoms with van der Waals surface area (Å²) in [5.41, 5.74) is 1.24. The Bertz CT molecular complexity index is 1340. The number of aliphatic carboxylic acids is 2. The van der Waals surface area contributed by atoms with Crippen LogP contribution in [0.15, 0.2) is 24.3 Å². The molecule has 4 bridgehead atoms. The molecule has 5 aliphatic rings. The fraction of sp³-hybridized carbons (Fsp3) is 0.645. The molecule has 2 heterocycles. The third kappa shape index (κ3) is 6.54. The van der Waals surface area contributed by atoms with Gasteiger partial charge in [0.15, 0.2) is 5.69 Å².